The predicted octanol–water partition coefficient (Wildman–Crippen LogP) is 5.52. The molecule has 160 valence electrons. The number of rotatable bonds is 3. The normalized spacial score (nSPS) is 27.3. The minimum Gasteiger partial charge on any atom is -0.311 e. The number of halogens is 1. The van der Waals surface area contributed by atoms with E-state index in [2.05, 4.69) is 25.7 Å². The monoisotopic (exact) mass is 400 g/mol. The van der Waals surface area contributed by atoms with E-state index >= 15 is 0 Å². The fraction of sp³-hybridized carbons (Fsp3) is 0.720. The SMILES string of the molecule is CCC(C)(C)C1CCC(N2CCC3(CC2)CN(C(C)=O)c2ccc(F)cc23)CC1. The van der Waals surface area contributed by atoms with Crippen molar-refractivity contribution in [3.05, 3.63) is 29.6 Å². The van der Waals surface area contributed by atoms with E-state index in [4.69, 9.17) is 0 Å². The van der Waals surface area contributed by atoms with Crippen LogP contribution in [0.5, 0.6) is 0 Å². The van der Waals surface area contributed by atoms with Gasteiger partial charge >= 0.3 is 0 Å². The summed E-state index contributed by atoms with van der Waals surface area (Å²) in [5.74, 6) is 0.732. The van der Waals surface area contributed by atoms with Gasteiger partial charge in [-0.05, 0) is 86.7 Å². The molecular weight excluding hydrogens is 363 g/mol. The molecule has 3 aliphatic rings. The van der Waals surface area contributed by atoms with Crippen molar-refractivity contribution in [2.75, 3.05) is 24.5 Å². The Morgan fingerprint density at radius 2 is 1.83 bits per heavy atom. The summed E-state index contributed by atoms with van der Waals surface area (Å²) in [6.45, 7) is 11.6. The zero-order valence-corrected chi connectivity index (χ0v) is 18.6. The first-order chi connectivity index (χ1) is 13.8. The van der Waals surface area contributed by atoms with E-state index in [1.807, 2.05) is 4.90 Å². The Hall–Kier alpha value is -1.42. The molecule has 3 nitrogen and oxygen atoms in total. The van der Waals surface area contributed by atoms with Gasteiger partial charge in [-0.1, -0.05) is 27.2 Å². The summed E-state index contributed by atoms with van der Waals surface area (Å²) in [5.41, 5.74) is 2.38. The van der Waals surface area contributed by atoms with Gasteiger partial charge in [0.1, 0.15) is 5.82 Å². The Kier molecular flexibility index (Phi) is 5.52. The Balaban J connectivity index is 1.43. The number of carbonyl (C=O) groups excluding carboxylic acids is 1. The minimum absolute atomic E-state index is 0.0639. The highest BCUT2D eigenvalue weighted by molar-refractivity contribution is 5.94. The van der Waals surface area contributed by atoms with Crippen LogP contribution in [0.15, 0.2) is 18.2 Å². The van der Waals surface area contributed by atoms with Gasteiger partial charge in [-0.3, -0.25) is 4.79 Å². The lowest BCUT2D eigenvalue weighted by atomic mass is 9.68. The molecule has 1 spiro atoms. The molecule has 1 aliphatic carbocycles. The number of likely N-dealkylation sites (tertiary alicyclic amines) is 1. The summed E-state index contributed by atoms with van der Waals surface area (Å²) >= 11 is 0. The molecule has 2 heterocycles. The minimum atomic E-state index is -0.187. The standard InChI is InChI=1S/C25H37FN2O/c1-5-24(3,4)19-6-9-21(10-7-19)27-14-12-25(13-15-27)17-28(18(2)29)23-11-8-20(26)16-22(23)25/h8,11,16,19,21H,5-7,9-10,12-15,17H2,1-4H3. The van der Waals surface area contributed by atoms with E-state index in [0.717, 1.165) is 43.1 Å². The quantitative estimate of drug-likeness (QED) is 0.667. The van der Waals surface area contributed by atoms with Gasteiger partial charge in [0.2, 0.25) is 5.91 Å². The number of carbonyl (C=O) groups is 1. The maximum absolute atomic E-state index is 14.0. The van der Waals surface area contributed by atoms with Crippen LogP contribution >= 0.6 is 0 Å². The van der Waals surface area contributed by atoms with E-state index in [1.165, 1.54) is 38.2 Å². The van der Waals surface area contributed by atoms with Crippen LogP contribution in [0.3, 0.4) is 0 Å². The first-order valence-corrected chi connectivity index (χ1v) is 11.6. The maximum atomic E-state index is 14.0. The van der Waals surface area contributed by atoms with E-state index < -0.39 is 0 Å². The first-order valence-electron chi connectivity index (χ1n) is 11.6. The zero-order valence-electron chi connectivity index (χ0n) is 18.6. The highest BCUT2D eigenvalue weighted by Crippen LogP contribution is 2.48. The Morgan fingerprint density at radius 3 is 2.41 bits per heavy atom. The number of hydrogen-bond acceptors (Lipinski definition) is 2. The van der Waals surface area contributed by atoms with Gasteiger partial charge in [0.05, 0.1) is 0 Å². The van der Waals surface area contributed by atoms with Gasteiger partial charge in [0, 0.05) is 30.6 Å². The van der Waals surface area contributed by atoms with Crippen LogP contribution in [-0.2, 0) is 10.2 Å². The molecule has 0 unspecified atom stereocenters. The van der Waals surface area contributed by atoms with Crippen molar-refractivity contribution >= 4 is 11.6 Å². The first kappa shape index (κ1) is 20.8. The Bertz CT molecular complexity index is 758. The fourth-order valence-corrected chi connectivity index (χ4v) is 6.18. The molecule has 0 N–H and O–H groups in total. The van der Waals surface area contributed by atoms with Crippen LogP contribution in [0, 0.1) is 17.2 Å². The van der Waals surface area contributed by atoms with Crippen LogP contribution < -0.4 is 4.90 Å². The lowest BCUT2D eigenvalue weighted by Gasteiger charge is -2.46. The van der Waals surface area contributed by atoms with Crippen LogP contribution in [0.4, 0.5) is 10.1 Å². The third kappa shape index (κ3) is 3.73. The third-order valence-corrected chi connectivity index (χ3v) is 8.65. The summed E-state index contributed by atoms with van der Waals surface area (Å²) < 4.78 is 14.0. The van der Waals surface area contributed by atoms with Gasteiger partial charge in [-0.15, -0.1) is 0 Å². The van der Waals surface area contributed by atoms with Gasteiger partial charge < -0.3 is 9.80 Å². The number of benzene rings is 1. The van der Waals surface area contributed by atoms with Crippen LogP contribution in [0.1, 0.15) is 78.2 Å². The molecule has 1 saturated carbocycles. The fourth-order valence-electron chi connectivity index (χ4n) is 6.18. The van der Waals surface area contributed by atoms with Gasteiger partial charge in [-0.2, -0.15) is 0 Å². The summed E-state index contributed by atoms with van der Waals surface area (Å²) in [5, 5.41) is 0. The van der Waals surface area contributed by atoms with Gasteiger partial charge in [0.25, 0.3) is 0 Å². The largest absolute Gasteiger partial charge is 0.311 e. The van der Waals surface area contributed by atoms with Crippen molar-refractivity contribution in [3.63, 3.8) is 0 Å². The van der Waals surface area contributed by atoms with E-state index in [9.17, 15) is 9.18 Å². The second-order valence-corrected chi connectivity index (χ2v) is 10.4. The Morgan fingerprint density at radius 1 is 1.17 bits per heavy atom. The molecule has 1 amide bonds. The van der Waals surface area contributed by atoms with Crippen LogP contribution in [0.2, 0.25) is 0 Å². The van der Waals surface area contributed by atoms with Crippen LogP contribution in [-0.4, -0.2) is 36.5 Å². The second kappa shape index (κ2) is 7.68. The summed E-state index contributed by atoms with van der Waals surface area (Å²) in [6.07, 6.45) is 8.62. The number of hydrogen-bond donors (Lipinski definition) is 0. The lowest BCUT2D eigenvalue weighted by molar-refractivity contribution is -0.116. The predicted molar refractivity (Wildman–Crippen MR) is 117 cm³/mol. The molecule has 2 aliphatic heterocycles. The number of piperidine rings is 1. The molecule has 0 radical (unpaired) electrons. The molecular formula is C25H37FN2O. The summed E-state index contributed by atoms with van der Waals surface area (Å²) in [6, 6.07) is 5.67. The molecule has 0 aromatic heterocycles. The molecule has 4 rings (SSSR count). The number of amides is 1. The second-order valence-electron chi connectivity index (χ2n) is 10.4. The molecule has 29 heavy (non-hydrogen) atoms. The number of fused-ring (bicyclic) bond motifs is 2. The molecule has 1 aromatic carbocycles. The van der Waals surface area contributed by atoms with Crippen molar-refractivity contribution in [2.45, 2.75) is 84.1 Å². The average Bonchev–Trinajstić information content (AvgIpc) is 3.02. The number of nitrogens with zero attached hydrogens (tertiary/aromatic N) is 2. The summed E-state index contributed by atoms with van der Waals surface area (Å²) in [7, 11) is 0. The zero-order chi connectivity index (χ0) is 20.8. The van der Waals surface area contributed by atoms with E-state index in [-0.39, 0.29) is 17.1 Å². The smallest absolute Gasteiger partial charge is 0.223 e. The average molecular weight is 401 g/mol. The highest BCUT2D eigenvalue weighted by atomic mass is 19.1. The van der Waals surface area contributed by atoms with Crippen molar-refractivity contribution in [2.24, 2.45) is 11.3 Å². The molecule has 0 bridgehead atoms. The maximum Gasteiger partial charge on any atom is 0.223 e. The van der Waals surface area contributed by atoms with Crippen molar-refractivity contribution in [1.82, 2.24) is 4.90 Å². The van der Waals surface area contributed by atoms with E-state index in [1.54, 1.807) is 19.1 Å². The van der Waals surface area contributed by atoms with Crippen molar-refractivity contribution in [1.29, 1.82) is 0 Å². The third-order valence-electron chi connectivity index (χ3n) is 8.65. The molecule has 1 saturated heterocycles. The van der Waals surface area contributed by atoms with Crippen molar-refractivity contribution in [3.8, 4) is 0 Å². The molecule has 2 fully saturated rings. The van der Waals surface area contributed by atoms with Crippen molar-refractivity contribution < 1.29 is 9.18 Å². The molecule has 4 heteroatoms. The van der Waals surface area contributed by atoms with Crippen LogP contribution in [0.25, 0.3) is 0 Å². The van der Waals surface area contributed by atoms with Gasteiger partial charge in [0.15, 0.2) is 0 Å². The summed E-state index contributed by atoms with van der Waals surface area (Å²) in [4.78, 5) is 16.7. The lowest BCUT2D eigenvalue weighted by Crippen LogP contribution is -2.50. The number of anilines is 1. The van der Waals surface area contributed by atoms with Gasteiger partial charge in [-0.25, -0.2) is 4.39 Å². The highest BCUT2D eigenvalue weighted by Gasteiger charge is 2.47. The topological polar surface area (TPSA) is 23.6 Å². The molecule has 0 atom stereocenters. The van der Waals surface area contributed by atoms with E-state index in [0.29, 0.717) is 18.0 Å². The molecule has 1 aromatic rings. The Labute approximate surface area is 175 Å².